The number of methoxy groups -OCH3 is 1. The van der Waals surface area contributed by atoms with Crippen LogP contribution in [0.15, 0.2) is 113 Å². The van der Waals surface area contributed by atoms with Crippen LogP contribution in [0.1, 0.15) is 29.7 Å². The molecule has 8 nitrogen and oxygen atoms in total. The number of para-hydroxylation sites is 2. The highest BCUT2D eigenvalue weighted by atomic mass is 35.5. The number of hydrogen-bond acceptors (Lipinski definition) is 7. The predicted octanol–water partition coefficient (Wildman–Crippen LogP) is 8.39. The number of rotatable bonds is 10. The van der Waals surface area contributed by atoms with Crippen LogP contribution < -0.4 is 20.1 Å². The third-order valence-corrected chi connectivity index (χ3v) is 8.77. The van der Waals surface area contributed by atoms with Gasteiger partial charge in [0.2, 0.25) is 11.1 Å². The van der Waals surface area contributed by atoms with Crippen LogP contribution in [-0.2, 0) is 17.2 Å². The number of allylic oxidation sites excluding steroid dienone is 1. The SMILES string of the molecule is COc1ccccc1NC(=O)C1=C(C)Nc2nc(SCc3ccccc3Cl)nn2C1c1ccc(OCc2ccc(Cl)cc2)cc1. The first-order chi connectivity index (χ1) is 21.9. The van der Waals surface area contributed by atoms with Gasteiger partial charge in [0.15, 0.2) is 0 Å². The Labute approximate surface area is 275 Å². The van der Waals surface area contributed by atoms with Crippen molar-refractivity contribution in [1.29, 1.82) is 0 Å². The smallest absolute Gasteiger partial charge is 0.255 e. The lowest BCUT2D eigenvalue weighted by molar-refractivity contribution is -0.113. The Morgan fingerprint density at radius 1 is 0.978 bits per heavy atom. The number of aromatic nitrogens is 3. The fourth-order valence-electron chi connectivity index (χ4n) is 4.98. The number of carbonyl (C=O) groups is 1. The fraction of sp³-hybridized carbons (Fsp3) is 0.147. The molecule has 0 aliphatic carbocycles. The zero-order chi connectivity index (χ0) is 31.3. The highest BCUT2D eigenvalue weighted by molar-refractivity contribution is 7.98. The van der Waals surface area contributed by atoms with Gasteiger partial charge in [-0.15, -0.1) is 5.10 Å². The zero-order valence-electron chi connectivity index (χ0n) is 24.5. The largest absolute Gasteiger partial charge is 0.495 e. The van der Waals surface area contributed by atoms with Gasteiger partial charge in [-0.2, -0.15) is 4.98 Å². The molecule has 1 aromatic heterocycles. The summed E-state index contributed by atoms with van der Waals surface area (Å²) in [5.41, 5.74) is 4.56. The Morgan fingerprint density at radius 3 is 2.47 bits per heavy atom. The van der Waals surface area contributed by atoms with Crippen LogP contribution in [0.3, 0.4) is 0 Å². The first-order valence-corrected chi connectivity index (χ1v) is 15.9. The molecule has 1 atom stereocenters. The minimum Gasteiger partial charge on any atom is -0.495 e. The Balaban J connectivity index is 1.30. The van der Waals surface area contributed by atoms with Crippen LogP contribution in [0.25, 0.3) is 0 Å². The summed E-state index contributed by atoms with van der Waals surface area (Å²) >= 11 is 13.9. The molecule has 0 bridgehead atoms. The van der Waals surface area contributed by atoms with Crippen molar-refractivity contribution in [2.45, 2.75) is 30.5 Å². The number of halogens is 2. The normalized spacial score (nSPS) is 14.0. The molecule has 228 valence electrons. The fourth-order valence-corrected chi connectivity index (χ4v) is 6.22. The maximum atomic E-state index is 14.0. The van der Waals surface area contributed by atoms with Crippen molar-refractivity contribution in [1.82, 2.24) is 14.8 Å². The molecule has 0 saturated heterocycles. The van der Waals surface area contributed by atoms with Gasteiger partial charge in [0.1, 0.15) is 24.1 Å². The Bertz CT molecular complexity index is 1860. The molecule has 1 unspecified atom stereocenters. The molecule has 4 aromatic carbocycles. The van der Waals surface area contributed by atoms with Crippen LogP contribution in [-0.4, -0.2) is 27.8 Å². The standard InChI is InChI=1S/C34H29Cl2N5O3S/c1-21-30(32(42)38-28-9-5-6-10-29(28)43-2)31(23-13-17-26(18-14-23)44-19-22-11-15-25(35)16-12-22)41-33(37-21)39-34(40-41)45-20-24-7-3-4-8-27(24)36/h3-18,31H,19-20H2,1-2H3,(H,38,42)(H,37,39,40). The first-order valence-electron chi connectivity index (χ1n) is 14.1. The number of hydrogen-bond donors (Lipinski definition) is 2. The number of amides is 1. The summed E-state index contributed by atoms with van der Waals surface area (Å²) in [7, 11) is 1.57. The lowest BCUT2D eigenvalue weighted by atomic mass is 9.95. The van der Waals surface area contributed by atoms with Gasteiger partial charge in [0.25, 0.3) is 5.91 Å². The summed E-state index contributed by atoms with van der Waals surface area (Å²) in [5, 5.41) is 13.1. The average Bonchev–Trinajstić information content (AvgIpc) is 3.46. The number of nitrogens with one attached hydrogen (secondary N) is 2. The van der Waals surface area contributed by atoms with Gasteiger partial charge in [-0.1, -0.05) is 89.6 Å². The van der Waals surface area contributed by atoms with Crippen LogP contribution >= 0.6 is 35.0 Å². The molecule has 45 heavy (non-hydrogen) atoms. The molecule has 1 aliphatic rings. The molecular formula is C34H29Cl2N5O3S. The number of thioether (sulfide) groups is 1. The summed E-state index contributed by atoms with van der Waals surface area (Å²) in [4.78, 5) is 18.7. The van der Waals surface area contributed by atoms with Crippen molar-refractivity contribution in [3.63, 3.8) is 0 Å². The quantitative estimate of drug-likeness (QED) is 0.146. The van der Waals surface area contributed by atoms with E-state index < -0.39 is 6.04 Å². The molecule has 6 rings (SSSR count). The van der Waals surface area contributed by atoms with Gasteiger partial charge in [-0.25, -0.2) is 4.68 Å². The molecule has 11 heteroatoms. The minimum atomic E-state index is -0.566. The van der Waals surface area contributed by atoms with E-state index in [1.165, 1.54) is 11.8 Å². The van der Waals surface area contributed by atoms with E-state index in [2.05, 4.69) is 10.6 Å². The maximum Gasteiger partial charge on any atom is 0.255 e. The summed E-state index contributed by atoms with van der Waals surface area (Å²) in [5.74, 6) is 2.10. The number of carbonyl (C=O) groups excluding carboxylic acids is 1. The third-order valence-electron chi connectivity index (χ3n) is 7.26. The molecule has 2 N–H and O–H groups in total. The summed E-state index contributed by atoms with van der Waals surface area (Å²) < 4.78 is 13.2. The van der Waals surface area contributed by atoms with E-state index in [1.54, 1.807) is 23.9 Å². The van der Waals surface area contributed by atoms with Crippen LogP contribution in [0.5, 0.6) is 11.5 Å². The summed E-state index contributed by atoms with van der Waals surface area (Å²) in [6, 6.07) is 29.6. The lowest BCUT2D eigenvalue weighted by Crippen LogP contribution is -2.31. The summed E-state index contributed by atoms with van der Waals surface area (Å²) in [6.45, 7) is 2.26. The van der Waals surface area contributed by atoms with Crippen molar-refractivity contribution in [2.24, 2.45) is 0 Å². The molecule has 1 aliphatic heterocycles. The van der Waals surface area contributed by atoms with Crippen molar-refractivity contribution >= 4 is 52.5 Å². The molecular weight excluding hydrogens is 629 g/mol. The van der Waals surface area contributed by atoms with Crippen molar-refractivity contribution in [3.05, 3.63) is 135 Å². The third kappa shape index (κ3) is 6.96. The lowest BCUT2D eigenvalue weighted by Gasteiger charge is -2.29. The van der Waals surface area contributed by atoms with Gasteiger partial charge in [-0.3, -0.25) is 4.79 Å². The van der Waals surface area contributed by atoms with Crippen molar-refractivity contribution in [2.75, 3.05) is 17.7 Å². The second kappa shape index (κ2) is 13.7. The molecule has 0 saturated carbocycles. The van der Waals surface area contributed by atoms with E-state index in [0.717, 1.165) is 16.7 Å². The second-order valence-electron chi connectivity index (χ2n) is 10.2. The zero-order valence-corrected chi connectivity index (χ0v) is 26.8. The predicted molar refractivity (Wildman–Crippen MR) is 179 cm³/mol. The molecule has 0 spiro atoms. The average molecular weight is 659 g/mol. The number of anilines is 2. The van der Waals surface area contributed by atoms with Crippen LogP contribution in [0, 0.1) is 0 Å². The van der Waals surface area contributed by atoms with Crippen molar-refractivity contribution < 1.29 is 14.3 Å². The molecule has 0 radical (unpaired) electrons. The van der Waals surface area contributed by atoms with Gasteiger partial charge >= 0.3 is 0 Å². The van der Waals surface area contributed by atoms with E-state index in [1.807, 2.05) is 91.9 Å². The minimum absolute atomic E-state index is 0.288. The first kappa shape index (κ1) is 30.6. The van der Waals surface area contributed by atoms with Gasteiger partial charge in [0.05, 0.1) is 18.4 Å². The molecule has 0 fully saturated rings. The Kier molecular flexibility index (Phi) is 9.30. The van der Waals surface area contributed by atoms with Crippen LogP contribution in [0.2, 0.25) is 10.0 Å². The number of benzene rings is 4. The van der Waals surface area contributed by atoms with Gasteiger partial charge in [-0.05, 0) is 66.1 Å². The highest BCUT2D eigenvalue weighted by Gasteiger charge is 2.34. The number of fused-ring (bicyclic) bond motifs is 1. The van der Waals surface area contributed by atoms with Crippen LogP contribution in [0.4, 0.5) is 11.6 Å². The highest BCUT2D eigenvalue weighted by Crippen LogP contribution is 2.38. The molecule has 1 amide bonds. The van der Waals surface area contributed by atoms with Gasteiger partial charge < -0.3 is 20.1 Å². The Morgan fingerprint density at radius 2 is 1.71 bits per heavy atom. The van der Waals surface area contributed by atoms with E-state index in [-0.39, 0.29) is 5.91 Å². The maximum absolute atomic E-state index is 14.0. The monoisotopic (exact) mass is 657 g/mol. The van der Waals surface area contributed by atoms with E-state index in [9.17, 15) is 4.79 Å². The second-order valence-corrected chi connectivity index (χ2v) is 12.0. The number of nitrogens with zero attached hydrogens (tertiary/aromatic N) is 3. The molecule has 5 aromatic rings. The van der Waals surface area contributed by atoms with E-state index in [4.69, 9.17) is 42.8 Å². The number of ether oxygens (including phenoxy) is 2. The Hall–Kier alpha value is -4.44. The summed E-state index contributed by atoms with van der Waals surface area (Å²) in [6.07, 6.45) is 0. The topological polar surface area (TPSA) is 90.3 Å². The van der Waals surface area contributed by atoms with Crippen molar-refractivity contribution in [3.8, 4) is 11.5 Å². The molecule has 2 heterocycles. The van der Waals surface area contributed by atoms with E-state index >= 15 is 0 Å². The van der Waals surface area contributed by atoms with E-state index in [0.29, 0.717) is 62.0 Å². The van der Waals surface area contributed by atoms with Gasteiger partial charge in [0, 0.05) is 21.5 Å².